The lowest BCUT2D eigenvalue weighted by molar-refractivity contribution is -0.0814. The van der Waals surface area contributed by atoms with Crippen molar-refractivity contribution in [2.24, 2.45) is 11.3 Å². The zero-order valence-electron chi connectivity index (χ0n) is 13.4. The van der Waals surface area contributed by atoms with Gasteiger partial charge in [-0.05, 0) is 32.1 Å². The molecule has 112 valence electrons. The van der Waals surface area contributed by atoms with Crippen LogP contribution >= 0.6 is 0 Å². The first-order valence-corrected chi connectivity index (χ1v) is 7.54. The average Bonchev–Trinajstić information content (AvgIpc) is 2.34. The van der Waals surface area contributed by atoms with Crippen LogP contribution < -0.4 is 5.32 Å². The van der Waals surface area contributed by atoms with E-state index in [9.17, 15) is 0 Å². The highest BCUT2D eigenvalue weighted by Crippen LogP contribution is 2.34. The number of nitrogens with one attached hydrogen (secondary N) is 1. The van der Waals surface area contributed by atoms with Gasteiger partial charge in [-0.15, -0.1) is 0 Å². The molecule has 1 aromatic heterocycles. The normalized spacial score (nSPS) is 23.6. The lowest BCUT2D eigenvalue weighted by Crippen LogP contribution is -2.42. The third-order valence-corrected chi connectivity index (χ3v) is 3.81. The Balaban J connectivity index is 2.01. The zero-order chi connectivity index (χ0) is 14.8. The molecule has 0 bridgehead atoms. The molecule has 2 rings (SSSR count). The molecule has 0 amide bonds. The summed E-state index contributed by atoms with van der Waals surface area (Å²) in [7, 11) is 0. The Bertz CT molecular complexity index is 433. The zero-order valence-corrected chi connectivity index (χ0v) is 13.4. The maximum atomic E-state index is 6.02. The summed E-state index contributed by atoms with van der Waals surface area (Å²) in [5.74, 6) is 2.28. The van der Waals surface area contributed by atoms with Crippen molar-refractivity contribution in [2.75, 3.05) is 18.5 Å². The fourth-order valence-corrected chi connectivity index (χ4v) is 3.05. The minimum absolute atomic E-state index is 0.185. The predicted octanol–water partition coefficient (Wildman–Crippen LogP) is 3.35. The maximum Gasteiger partial charge on any atom is 0.129 e. The second-order valence-electron chi connectivity index (χ2n) is 6.88. The third kappa shape index (κ3) is 3.92. The molecule has 2 unspecified atom stereocenters. The summed E-state index contributed by atoms with van der Waals surface area (Å²) in [5.41, 5.74) is 1.19. The molecule has 20 heavy (non-hydrogen) atoms. The van der Waals surface area contributed by atoms with Crippen LogP contribution in [0.2, 0.25) is 0 Å². The van der Waals surface area contributed by atoms with Crippen molar-refractivity contribution in [2.45, 2.75) is 53.6 Å². The summed E-state index contributed by atoms with van der Waals surface area (Å²) in [5, 5.41) is 3.47. The molecule has 1 fully saturated rings. The first kappa shape index (κ1) is 15.2. The SMILES string of the molecule is Cc1cc(NCC2CCCOC2C(C)(C)C)nc(C)n1. The van der Waals surface area contributed by atoms with E-state index in [4.69, 9.17) is 4.74 Å². The molecule has 4 nitrogen and oxygen atoms in total. The van der Waals surface area contributed by atoms with Gasteiger partial charge >= 0.3 is 0 Å². The smallest absolute Gasteiger partial charge is 0.129 e. The number of hydrogen-bond donors (Lipinski definition) is 1. The van der Waals surface area contributed by atoms with Gasteiger partial charge in [0.1, 0.15) is 11.6 Å². The van der Waals surface area contributed by atoms with Gasteiger partial charge in [0.05, 0.1) is 6.10 Å². The Hall–Kier alpha value is -1.16. The molecule has 0 aliphatic carbocycles. The van der Waals surface area contributed by atoms with E-state index in [1.807, 2.05) is 19.9 Å². The third-order valence-electron chi connectivity index (χ3n) is 3.81. The Morgan fingerprint density at radius 2 is 2.05 bits per heavy atom. The highest BCUT2D eigenvalue weighted by Gasteiger charge is 2.35. The number of anilines is 1. The fraction of sp³-hybridized carbons (Fsp3) is 0.750. The minimum Gasteiger partial charge on any atom is -0.377 e. The van der Waals surface area contributed by atoms with E-state index in [2.05, 4.69) is 36.1 Å². The molecule has 0 radical (unpaired) electrons. The van der Waals surface area contributed by atoms with Crippen LogP contribution in [0, 0.1) is 25.2 Å². The van der Waals surface area contributed by atoms with E-state index in [1.54, 1.807) is 0 Å². The lowest BCUT2D eigenvalue weighted by Gasteiger charge is -2.40. The van der Waals surface area contributed by atoms with Gasteiger partial charge in [-0.1, -0.05) is 20.8 Å². The first-order chi connectivity index (χ1) is 9.36. The van der Waals surface area contributed by atoms with Crippen molar-refractivity contribution in [3.63, 3.8) is 0 Å². The molecule has 0 spiro atoms. The van der Waals surface area contributed by atoms with Gasteiger partial charge < -0.3 is 10.1 Å². The van der Waals surface area contributed by atoms with Crippen LogP contribution in [0.15, 0.2) is 6.07 Å². The van der Waals surface area contributed by atoms with Crippen molar-refractivity contribution >= 4 is 5.82 Å². The molecule has 2 atom stereocenters. The van der Waals surface area contributed by atoms with E-state index in [-0.39, 0.29) is 5.41 Å². The molecule has 4 heteroatoms. The van der Waals surface area contributed by atoms with Crippen LogP contribution in [0.1, 0.15) is 45.1 Å². The number of aryl methyl sites for hydroxylation is 2. The maximum absolute atomic E-state index is 6.02. The molecule has 1 aromatic rings. The quantitative estimate of drug-likeness (QED) is 0.920. The van der Waals surface area contributed by atoms with E-state index in [1.165, 1.54) is 6.42 Å². The second-order valence-corrected chi connectivity index (χ2v) is 6.88. The number of nitrogens with zero attached hydrogens (tertiary/aromatic N) is 2. The number of rotatable bonds is 3. The Labute approximate surface area is 122 Å². The van der Waals surface area contributed by atoms with Gasteiger partial charge in [0.2, 0.25) is 0 Å². The largest absolute Gasteiger partial charge is 0.377 e. The highest BCUT2D eigenvalue weighted by molar-refractivity contribution is 5.35. The molecular weight excluding hydrogens is 250 g/mol. The average molecular weight is 277 g/mol. The standard InChI is InChI=1S/C16H27N3O/c1-11-9-14(19-12(2)18-11)17-10-13-7-6-8-20-15(13)16(3,4)5/h9,13,15H,6-8,10H2,1-5H3,(H,17,18,19). The Kier molecular flexibility index (Phi) is 4.63. The van der Waals surface area contributed by atoms with Gasteiger partial charge in [-0.2, -0.15) is 0 Å². The summed E-state index contributed by atoms with van der Waals surface area (Å²) in [4.78, 5) is 8.75. The molecule has 2 heterocycles. The molecule has 0 saturated carbocycles. The molecule has 1 N–H and O–H groups in total. The van der Waals surface area contributed by atoms with Crippen molar-refractivity contribution in [3.05, 3.63) is 17.6 Å². The summed E-state index contributed by atoms with van der Waals surface area (Å²) >= 11 is 0. The topological polar surface area (TPSA) is 47.0 Å². The van der Waals surface area contributed by atoms with E-state index in [0.29, 0.717) is 12.0 Å². The minimum atomic E-state index is 0.185. The van der Waals surface area contributed by atoms with Crippen molar-refractivity contribution < 1.29 is 4.74 Å². The molecular formula is C16H27N3O. The van der Waals surface area contributed by atoms with Gasteiger partial charge in [0.15, 0.2) is 0 Å². The van der Waals surface area contributed by atoms with Gasteiger partial charge in [-0.3, -0.25) is 0 Å². The second kappa shape index (κ2) is 6.08. The molecule has 1 saturated heterocycles. The number of hydrogen-bond acceptors (Lipinski definition) is 4. The monoisotopic (exact) mass is 277 g/mol. The van der Waals surface area contributed by atoms with E-state index in [0.717, 1.165) is 36.9 Å². The van der Waals surface area contributed by atoms with Crippen molar-refractivity contribution in [1.82, 2.24) is 9.97 Å². The van der Waals surface area contributed by atoms with Crippen LogP contribution in [0.5, 0.6) is 0 Å². The molecule has 0 aromatic carbocycles. The van der Waals surface area contributed by atoms with Gasteiger partial charge in [-0.25, -0.2) is 9.97 Å². The first-order valence-electron chi connectivity index (χ1n) is 7.54. The lowest BCUT2D eigenvalue weighted by atomic mass is 9.78. The number of ether oxygens (including phenoxy) is 1. The summed E-state index contributed by atoms with van der Waals surface area (Å²) in [6, 6.07) is 2.00. The Morgan fingerprint density at radius 3 is 2.70 bits per heavy atom. The van der Waals surface area contributed by atoms with E-state index < -0.39 is 0 Å². The van der Waals surface area contributed by atoms with Gasteiger partial charge in [0.25, 0.3) is 0 Å². The predicted molar refractivity (Wildman–Crippen MR) is 81.9 cm³/mol. The highest BCUT2D eigenvalue weighted by atomic mass is 16.5. The van der Waals surface area contributed by atoms with E-state index >= 15 is 0 Å². The van der Waals surface area contributed by atoms with Crippen molar-refractivity contribution in [3.8, 4) is 0 Å². The van der Waals surface area contributed by atoms with Crippen LogP contribution in [0.25, 0.3) is 0 Å². The molecule has 1 aliphatic rings. The fourth-order valence-electron chi connectivity index (χ4n) is 3.05. The van der Waals surface area contributed by atoms with Gasteiger partial charge in [0, 0.05) is 30.8 Å². The summed E-state index contributed by atoms with van der Waals surface area (Å²) in [6.07, 6.45) is 2.69. The molecule has 1 aliphatic heterocycles. The van der Waals surface area contributed by atoms with Crippen LogP contribution in [0.4, 0.5) is 5.82 Å². The van der Waals surface area contributed by atoms with Crippen molar-refractivity contribution in [1.29, 1.82) is 0 Å². The Morgan fingerprint density at radius 1 is 1.30 bits per heavy atom. The van der Waals surface area contributed by atoms with Crippen LogP contribution in [0.3, 0.4) is 0 Å². The van der Waals surface area contributed by atoms with Crippen LogP contribution in [-0.4, -0.2) is 29.2 Å². The number of aromatic nitrogens is 2. The summed E-state index contributed by atoms with van der Waals surface area (Å²) < 4.78 is 6.02. The summed E-state index contributed by atoms with van der Waals surface area (Å²) in [6.45, 7) is 12.5. The van der Waals surface area contributed by atoms with Crippen LogP contribution in [-0.2, 0) is 4.74 Å².